The molecule has 0 spiro atoms. The molecule has 2 aliphatic carbocycles. The van der Waals surface area contributed by atoms with E-state index < -0.39 is 188 Å². The van der Waals surface area contributed by atoms with Crippen molar-refractivity contribution in [1.82, 2.24) is 29.9 Å². The van der Waals surface area contributed by atoms with Crippen LogP contribution in [0.4, 0.5) is 54.5 Å². The van der Waals surface area contributed by atoms with Crippen LogP contribution in [0, 0.1) is 29.4 Å². The Morgan fingerprint density at radius 3 is 2.13 bits per heavy atom. The summed E-state index contributed by atoms with van der Waals surface area (Å²) < 4.78 is 202. The number of hydrogen-bond donors (Lipinski definition) is 3. The van der Waals surface area contributed by atoms with Crippen molar-refractivity contribution in [2.24, 2.45) is 5.92 Å². The molecular weight excluding hydrogens is 1090 g/mol. The topological polar surface area (TPSA) is 250 Å². The number of carbonyl (C=O) groups is 4. The van der Waals surface area contributed by atoms with Gasteiger partial charge in [0.15, 0.2) is 21.3 Å². The minimum atomic E-state index is -5.27. The van der Waals surface area contributed by atoms with Crippen LogP contribution in [0.25, 0.3) is 22.0 Å². The number of nitrogens with one attached hydrogen (secondary N) is 1. The Bertz CT molecular complexity index is 3500. The molecule has 7 rings (SSSR count). The summed E-state index contributed by atoms with van der Waals surface area (Å²) in [4.78, 5) is 55.4. The molecule has 18 nitrogen and oxygen atoms in total. The van der Waals surface area contributed by atoms with Crippen molar-refractivity contribution in [3.8, 4) is 23.0 Å². The number of anilines is 1. The SMILES string of the molecule is CC(C)(C#Cc1ccc(-c2ccc(Cl)c3c(N(C(=O)O[C@@H](CC(=O)O)C(=O)O)S(C)(=O)=O)nn(CC(F)(F)F)c23)c([C@H](Cc2cc(F)cc(F)c2)NC(=O)Cn2nc(C(F)(F)F)c3c2C(F)(F)[C@@H]2C[C@H]32)n1)S(C)(=O)=O. The highest BCUT2D eigenvalue weighted by atomic mass is 35.5. The Hall–Kier alpha value is -7.00. The minimum Gasteiger partial charge on any atom is -0.481 e. The molecule has 1 saturated carbocycles. The van der Waals surface area contributed by atoms with Gasteiger partial charge in [-0.05, 0) is 74.4 Å². The van der Waals surface area contributed by atoms with Crippen LogP contribution < -0.4 is 9.62 Å². The van der Waals surface area contributed by atoms with Crippen LogP contribution in [0.3, 0.4) is 0 Å². The fourth-order valence-corrected chi connectivity index (χ4v) is 9.52. The maximum Gasteiger partial charge on any atom is 0.435 e. The summed E-state index contributed by atoms with van der Waals surface area (Å²) in [6.07, 6.45) is -16.7. The predicted octanol–water partition coefficient (Wildman–Crippen LogP) is 7.12. The van der Waals surface area contributed by atoms with Gasteiger partial charge in [-0.15, -0.1) is 0 Å². The smallest absolute Gasteiger partial charge is 0.435 e. The van der Waals surface area contributed by atoms with E-state index >= 15 is 8.78 Å². The molecule has 0 radical (unpaired) electrons. The molecule has 75 heavy (non-hydrogen) atoms. The summed E-state index contributed by atoms with van der Waals surface area (Å²) in [5.74, 6) is -10.7. The number of sulfone groups is 1. The molecule has 0 bridgehead atoms. The molecule has 402 valence electrons. The lowest BCUT2D eigenvalue weighted by Gasteiger charge is -2.23. The third kappa shape index (κ3) is 11.5. The van der Waals surface area contributed by atoms with Crippen LogP contribution >= 0.6 is 11.6 Å². The number of benzene rings is 2. The lowest BCUT2D eigenvalue weighted by Crippen LogP contribution is -2.41. The van der Waals surface area contributed by atoms with E-state index in [9.17, 15) is 81.4 Å². The number of alkyl halides is 8. The van der Waals surface area contributed by atoms with Crippen molar-refractivity contribution in [3.63, 3.8) is 0 Å². The summed E-state index contributed by atoms with van der Waals surface area (Å²) in [7, 11) is -9.14. The van der Waals surface area contributed by atoms with E-state index in [0.717, 1.165) is 42.7 Å². The number of fused-ring (bicyclic) bond motifs is 4. The number of halogens is 11. The van der Waals surface area contributed by atoms with Crippen LogP contribution in [0.15, 0.2) is 42.5 Å². The van der Waals surface area contributed by atoms with Crippen molar-refractivity contribution in [3.05, 3.63) is 93.0 Å². The van der Waals surface area contributed by atoms with E-state index in [1.807, 2.05) is 0 Å². The molecule has 3 aromatic heterocycles. The predicted molar refractivity (Wildman–Crippen MR) is 240 cm³/mol. The molecule has 1 fully saturated rings. The molecule has 0 aliphatic heterocycles. The highest BCUT2D eigenvalue weighted by Crippen LogP contribution is 2.68. The quantitative estimate of drug-likeness (QED) is 0.0698. The van der Waals surface area contributed by atoms with Crippen molar-refractivity contribution < 1.29 is 94.9 Å². The Kier molecular flexibility index (Phi) is 14.3. The van der Waals surface area contributed by atoms with E-state index in [2.05, 4.69) is 37.1 Å². The highest BCUT2D eigenvalue weighted by Gasteiger charge is 2.68. The molecule has 31 heteroatoms. The number of aromatic nitrogens is 5. The second-order valence-electron chi connectivity index (χ2n) is 17.9. The van der Waals surface area contributed by atoms with Gasteiger partial charge in [0.1, 0.15) is 40.9 Å². The third-order valence-electron chi connectivity index (χ3n) is 11.9. The zero-order valence-electron chi connectivity index (χ0n) is 38.6. The number of rotatable bonds is 15. The van der Waals surface area contributed by atoms with Gasteiger partial charge in [-0.2, -0.15) is 49.6 Å². The molecule has 2 aromatic carbocycles. The summed E-state index contributed by atoms with van der Waals surface area (Å²) in [6, 6.07) is 4.05. The first-order valence-corrected chi connectivity index (χ1v) is 25.5. The Morgan fingerprint density at radius 2 is 1.57 bits per heavy atom. The molecule has 5 aromatic rings. The Balaban J connectivity index is 1.49. The molecule has 2 aliphatic rings. The van der Waals surface area contributed by atoms with E-state index in [0.29, 0.717) is 12.3 Å². The molecule has 3 heterocycles. The van der Waals surface area contributed by atoms with E-state index in [1.54, 1.807) is 0 Å². The van der Waals surface area contributed by atoms with Crippen LogP contribution in [0.5, 0.6) is 0 Å². The fraction of sp³-hybridized carbons (Fsp3) is 0.386. The first-order chi connectivity index (χ1) is 34.4. The number of aliphatic carboxylic acids is 2. The number of carboxylic acid groups (broad SMARTS) is 2. The van der Waals surface area contributed by atoms with Crippen molar-refractivity contribution in [2.45, 2.75) is 87.3 Å². The number of pyridine rings is 1. The molecule has 0 saturated heterocycles. The zero-order valence-corrected chi connectivity index (χ0v) is 41.0. The average Bonchev–Trinajstić information content (AvgIpc) is 3.76. The second kappa shape index (κ2) is 19.3. The van der Waals surface area contributed by atoms with Gasteiger partial charge in [-0.3, -0.25) is 19.0 Å². The van der Waals surface area contributed by atoms with Gasteiger partial charge in [-0.25, -0.2) is 40.2 Å². The standard InChI is InChI=1S/C44H36ClF10N7O11S2/c1-41(2,74(3,69)70)10-9-22-5-6-23(24-7-8-27(45)33-35(24)61(18-42(48,49)50)59-38(33)62(75(4,71)72)40(68)73-29(39(66)67)16-31(64)65)34(56-22)28(13-19-11-20(46)14-21(47)12-19)57-30(63)17-60-37-32(36(58-60)44(53,54)55)25-15-26(25)43(37,51)52/h5-8,11-12,14,25-26,28-29H,13,15-18H2,1-4H3,(H,57,63)(H,64,65)(H,66,67)/t25-,26+,28-,29-/m0/s1. The normalized spacial score (nSPS) is 17.1. The van der Waals surface area contributed by atoms with Crippen LogP contribution in [0.2, 0.25) is 5.02 Å². The maximum absolute atomic E-state index is 15.6. The van der Waals surface area contributed by atoms with Gasteiger partial charge in [0.25, 0.3) is 5.92 Å². The first-order valence-electron chi connectivity index (χ1n) is 21.4. The van der Waals surface area contributed by atoms with Gasteiger partial charge in [0.2, 0.25) is 22.0 Å². The third-order valence-corrected chi connectivity index (χ3v) is 15.1. The second-order valence-corrected chi connectivity index (χ2v) is 22.7. The number of nitrogens with zero attached hydrogens (tertiary/aromatic N) is 6. The van der Waals surface area contributed by atoms with Gasteiger partial charge >= 0.3 is 30.4 Å². The zero-order chi connectivity index (χ0) is 55.9. The van der Waals surface area contributed by atoms with E-state index in [-0.39, 0.29) is 27.0 Å². The number of ether oxygens (including phenoxy) is 1. The summed E-state index contributed by atoms with van der Waals surface area (Å²) in [5.41, 5.74) is -6.77. The van der Waals surface area contributed by atoms with Gasteiger partial charge < -0.3 is 20.3 Å². The maximum atomic E-state index is 15.6. The molecule has 0 unspecified atom stereocenters. The largest absolute Gasteiger partial charge is 0.481 e. The minimum absolute atomic E-state index is 0.0756. The average molecular weight is 1130 g/mol. The van der Waals surface area contributed by atoms with Gasteiger partial charge in [0.05, 0.1) is 40.3 Å². The summed E-state index contributed by atoms with van der Waals surface area (Å²) in [6.45, 7) is -1.12. The summed E-state index contributed by atoms with van der Waals surface area (Å²) >= 11 is 6.54. The van der Waals surface area contributed by atoms with E-state index in [1.165, 1.54) is 13.8 Å². The molecule has 3 N–H and O–H groups in total. The van der Waals surface area contributed by atoms with Gasteiger partial charge in [0, 0.05) is 34.9 Å². The van der Waals surface area contributed by atoms with Crippen LogP contribution in [-0.4, -0.2) is 105 Å². The number of sulfonamides is 1. The number of carboxylic acids is 2. The fourth-order valence-electron chi connectivity index (χ4n) is 8.29. The highest BCUT2D eigenvalue weighted by molar-refractivity contribution is 7.93. The lowest BCUT2D eigenvalue weighted by atomic mass is 9.93. The Morgan fingerprint density at radius 1 is 0.947 bits per heavy atom. The molecule has 2 amide bonds. The van der Waals surface area contributed by atoms with E-state index in [4.69, 9.17) is 11.6 Å². The molecular formula is C44H36ClF10N7O11S2. The van der Waals surface area contributed by atoms with Crippen molar-refractivity contribution in [1.29, 1.82) is 0 Å². The lowest BCUT2D eigenvalue weighted by molar-refractivity contribution is -0.152. The monoisotopic (exact) mass is 1130 g/mol. The van der Waals surface area contributed by atoms with Crippen molar-refractivity contribution >= 4 is 72.1 Å². The van der Waals surface area contributed by atoms with Crippen LogP contribution in [-0.2, 0) is 70.6 Å². The first kappa shape index (κ1) is 55.7. The van der Waals surface area contributed by atoms with Gasteiger partial charge in [-0.1, -0.05) is 23.6 Å². The summed E-state index contributed by atoms with van der Waals surface area (Å²) in [5, 5.41) is 26.6. The number of hydrogen-bond acceptors (Lipinski definition) is 12. The number of amides is 2. The number of carbonyl (C=O) groups excluding carboxylic acids is 2. The molecule has 4 atom stereocenters. The Labute approximate surface area is 421 Å². The van der Waals surface area contributed by atoms with Crippen LogP contribution in [0.1, 0.15) is 72.6 Å². The van der Waals surface area contributed by atoms with Crippen molar-refractivity contribution in [2.75, 3.05) is 16.8 Å².